The summed E-state index contributed by atoms with van der Waals surface area (Å²) in [4.78, 5) is 23.5. The molecule has 1 saturated heterocycles. The van der Waals surface area contributed by atoms with Gasteiger partial charge in [0.25, 0.3) is 0 Å². The molecule has 1 amide bonds. The van der Waals surface area contributed by atoms with E-state index in [1.807, 2.05) is 58.0 Å². The van der Waals surface area contributed by atoms with E-state index in [9.17, 15) is 14.0 Å². The highest BCUT2D eigenvalue weighted by atomic mass is 35.5. The lowest BCUT2D eigenvalue weighted by molar-refractivity contribution is 0.00578. The number of amides is 1. The predicted molar refractivity (Wildman–Crippen MR) is 127 cm³/mol. The van der Waals surface area contributed by atoms with Crippen LogP contribution in [0.5, 0.6) is 0 Å². The van der Waals surface area contributed by atoms with Crippen LogP contribution in [0.3, 0.4) is 0 Å². The molecule has 34 heavy (non-hydrogen) atoms. The van der Waals surface area contributed by atoms with Crippen LogP contribution in [0.2, 0.25) is 5.02 Å². The van der Waals surface area contributed by atoms with Gasteiger partial charge in [0.1, 0.15) is 12.4 Å². The number of carbonyl (C=O) groups is 2. The van der Waals surface area contributed by atoms with E-state index in [0.29, 0.717) is 5.47 Å². The summed E-state index contributed by atoms with van der Waals surface area (Å²) in [5.41, 5.74) is -0.444. The van der Waals surface area contributed by atoms with E-state index >= 15 is 0 Å². The Morgan fingerprint density at radius 3 is 2.35 bits per heavy atom. The Bertz CT molecular complexity index is 1090. The minimum Gasteiger partial charge on any atom is -0.478 e. The van der Waals surface area contributed by atoms with Crippen LogP contribution in [0.15, 0.2) is 47.9 Å². The number of aromatic carboxylic acids is 1. The monoisotopic (exact) mass is 489 g/mol. The summed E-state index contributed by atoms with van der Waals surface area (Å²) in [5, 5.41) is 11.7. The number of rotatable bonds is 7. The van der Waals surface area contributed by atoms with Crippen molar-refractivity contribution in [2.24, 2.45) is 0 Å². The molecule has 0 aliphatic carbocycles. The minimum absolute atomic E-state index is 0.0270. The van der Waals surface area contributed by atoms with Gasteiger partial charge in [0.05, 0.1) is 21.8 Å². The molecule has 0 atom stereocenters. The number of benzene rings is 2. The van der Waals surface area contributed by atoms with Crippen molar-refractivity contribution in [1.82, 2.24) is 5.32 Å². The summed E-state index contributed by atoms with van der Waals surface area (Å²) in [6.45, 7) is 7.48. The van der Waals surface area contributed by atoms with Gasteiger partial charge in [-0.05, 0) is 50.9 Å². The molecule has 0 radical (unpaired) electrons. The van der Waals surface area contributed by atoms with Crippen LogP contribution < -0.4 is 5.32 Å². The predicted octanol–water partition coefficient (Wildman–Crippen LogP) is 5.12. The van der Waals surface area contributed by atoms with Crippen molar-refractivity contribution < 1.29 is 33.1 Å². The van der Waals surface area contributed by atoms with Gasteiger partial charge in [-0.1, -0.05) is 48.0 Å². The molecule has 0 unspecified atom stereocenters. The molecule has 1 fully saturated rings. The second kappa shape index (κ2) is 10.2. The standard InChI is InChI=1S/C24H26BClFNO6/c1-23(2)24(3,4)34-25(33-23)17(10-16-11-19(26)18(21(29)30)12-20(16)27)13-28-22(31)32-14-15-8-6-5-7-9-15/h5-12H,13-14H2,1-4H3,(H,28,31)(H,29,30). The average molecular weight is 490 g/mol. The Labute approximate surface area is 203 Å². The van der Waals surface area contributed by atoms with Gasteiger partial charge in [0.15, 0.2) is 0 Å². The summed E-state index contributed by atoms with van der Waals surface area (Å²) < 4.78 is 32.0. The zero-order chi connectivity index (χ0) is 25.1. The lowest BCUT2D eigenvalue weighted by Crippen LogP contribution is -2.41. The summed E-state index contributed by atoms with van der Waals surface area (Å²) >= 11 is 6.03. The third kappa shape index (κ3) is 5.97. The fraction of sp³-hybridized carbons (Fsp3) is 0.333. The molecule has 2 N–H and O–H groups in total. The quantitative estimate of drug-likeness (QED) is 0.524. The van der Waals surface area contributed by atoms with Gasteiger partial charge in [-0.15, -0.1) is 0 Å². The van der Waals surface area contributed by atoms with Gasteiger partial charge >= 0.3 is 19.2 Å². The highest BCUT2D eigenvalue weighted by Gasteiger charge is 2.52. The molecule has 0 saturated carbocycles. The zero-order valence-corrected chi connectivity index (χ0v) is 20.1. The maximum absolute atomic E-state index is 14.7. The molecule has 3 rings (SSSR count). The van der Waals surface area contributed by atoms with E-state index in [4.69, 9.17) is 30.8 Å². The molecular formula is C24H26BClFNO6. The first-order valence-corrected chi connectivity index (χ1v) is 11.0. The van der Waals surface area contributed by atoms with Crippen LogP contribution in [-0.4, -0.2) is 42.0 Å². The third-order valence-corrected chi connectivity index (χ3v) is 6.18. The molecule has 0 aromatic heterocycles. The van der Waals surface area contributed by atoms with Crippen molar-refractivity contribution in [2.45, 2.75) is 45.5 Å². The number of hydrogen-bond acceptors (Lipinski definition) is 5. The number of halogens is 2. The molecule has 2 aromatic carbocycles. The van der Waals surface area contributed by atoms with Crippen molar-refractivity contribution in [3.63, 3.8) is 0 Å². The van der Waals surface area contributed by atoms with E-state index in [0.717, 1.165) is 11.6 Å². The highest BCUT2D eigenvalue weighted by molar-refractivity contribution is 6.56. The zero-order valence-electron chi connectivity index (χ0n) is 19.4. The molecule has 1 aliphatic rings. The number of ether oxygens (including phenoxy) is 1. The van der Waals surface area contributed by atoms with Gasteiger partial charge in [-0.3, -0.25) is 0 Å². The van der Waals surface area contributed by atoms with Crippen LogP contribution in [0, 0.1) is 5.82 Å². The lowest BCUT2D eigenvalue weighted by atomic mass is 9.77. The smallest absolute Gasteiger partial charge is 0.478 e. The molecule has 7 nitrogen and oxygen atoms in total. The maximum Gasteiger partial charge on any atom is 0.492 e. The number of nitrogens with one attached hydrogen (secondary N) is 1. The fourth-order valence-electron chi connectivity index (χ4n) is 3.18. The minimum atomic E-state index is -1.34. The van der Waals surface area contributed by atoms with E-state index in [1.54, 1.807) is 0 Å². The Morgan fingerprint density at radius 2 is 1.76 bits per heavy atom. The van der Waals surface area contributed by atoms with E-state index in [1.165, 1.54) is 12.1 Å². The topological polar surface area (TPSA) is 94.1 Å². The van der Waals surface area contributed by atoms with Gasteiger partial charge < -0.3 is 24.5 Å². The second-order valence-corrected chi connectivity index (χ2v) is 9.29. The summed E-state index contributed by atoms with van der Waals surface area (Å²) in [5.74, 6) is -2.13. The van der Waals surface area contributed by atoms with Gasteiger partial charge in [-0.2, -0.15) is 0 Å². The molecule has 0 spiro atoms. The highest BCUT2D eigenvalue weighted by Crippen LogP contribution is 2.39. The largest absolute Gasteiger partial charge is 0.492 e. The lowest BCUT2D eigenvalue weighted by Gasteiger charge is -2.32. The van der Waals surface area contributed by atoms with Crippen LogP contribution in [0.1, 0.15) is 49.2 Å². The van der Waals surface area contributed by atoms with Crippen LogP contribution in [-0.2, 0) is 20.7 Å². The van der Waals surface area contributed by atoms with Gasteiger partial charge in [0, 0.05) is 12.1 Å². The normalized spacial score (nSPS) is 16.9. The molecule has 2 aromatic rings. The van der Waals surface area contributed by atoms with E-state index in [-0.39, 0.29) is 29.3 Å². The van der Waals surface area contributed by atoms with Gasteiger partial charge in [-0.25, -0.2) is 14.0 Å². The number of carboxylic acid groups (broad SMARTS) is 1. The number of alkyl carbamates (subject to hydrolysis) is 1. The van der Waals surface area contributed by atoms with Crippen molar-refractivity contribution in [3.8, 4) is 0 Å². The SMILES string of the molecule is CC1(C)OB(C(=Cc2cc(Cl)c(C(=O)O)cc2F)CNC(=O)OCc2ccccc2)OC1(C)C. The number of hydrogen-bond donors (Lipinski definition) is 2. The van der Waals surface area contributed by atoms with Crippen LogP contribution >= 0.6 is 11.6 Å². The first-order chi connectivity index (χ1) is 15.9. The van der Waals surface area contributed by atoms with E-state index in [2.05, 4.69) is 5.32 Å². The first-order valence-electron chi connectivity index (χ1n) is 10.6. The average Bonchev–Trinajstić information content (AvgIpc) is 2.98. The van der Waals surface area contributed by atoms with E-state index < -0.39 is 36.2 Å². The maximum atomic E-state index is 14.7. The van der Waals surface area contributed by atoms with Crippen molar-refractivity contribution in [1.29, 1.82) is 0 Å². The van der Waals surface area contributed by atoms with Crippen LogP contribution in [0.25, 0.3) is 6.08 Å². The van der Waals surface area contributed by atoms with Crippen molar-refractivity contribution in [3.05, 3.63) is 75.5 Å². The Kier molecular flexibility index (Phi) is 7.70. The summed E-state index contributed by atoms with van der Waals surface area (Å²) in [6.07, 6.45) is 0.748. The van der Waals surface area contributed by atoms with Crippen molar-refractivity contribution in [2.75, 3.05) is 6.54 Å². The summed E-state index contributed by atoms with van der Waals surface area (Å²) in [6, 6.07) is 11.3. The molecule has 1 heterocycles. The van der Waals surface area contributed by atoms with Gasteiger partial charge in [0.2, 0.25) is 0 Å². The fourth-order valence-corrected chi connectivity index (χ4v) is 3.43. The van der Waals surface area contributed by atoms with Crippen LogP contribution in [0.4, 0.5) is 9.18 Å². The molecule has 10 heteroatoms. The first kappa shape index (κ1) is 25.7. The molecular weight excluding hydrogens is 464 g/mol. The number of carboxylic acids is 1. The third-order valence-electron chi connectivity index (χ3n) is 5.86. The van der Waals surface area contributed by atoms with Crippen molar-refractivity contribution >= 4 is 36.9 Å². The molecule has 180 valence electrons. The molecule has 1 aliphatic heterocycles. The Balaban J connectivity index is 1.83. The Morgan fingerprint density at radius 1 is 1.15 bits per heavy atom. The molecule has 0 bridgehead atoms. The Hall–Kier alpha value is -2.88. The second-order valence-electron chi connectivity index (χ2n) is 8.88. The number of carbonyl (C=O) groups excluding carboxylic acids is 1. The summed E-state index contributed by atoms with van der Waals surface area (Å²) in [7, 11) is -0.892.